The molecule has 1 amide bonds. The molecule has 0 saturated heterocycles. The molecule has 5 nitrogen and oxygen atoms in total. The van der Waals surface area contributed by atoms with Crippen LogP contribution in [-0.2, 0) is 11.3 Å². The molecule has 4 aromatic rings. The summed E-state index contributed by atoms with van der Waals surface area (Å²) in [6.07, 6.45) is 0. The van der Waals surface area contributed by atoms with Crippen LogP contribution in [0.5, 0.6) is 0 Å². The van der Waals surface area contributed by atoms with E-state index < -0.39 is 0 Å². The molecule has 2 aromatic carbocycles. The van der Waals surface area contributed by atoms with Gasteiger partial charge in [0.1, 0.15) is 12.2 Å². The van der Waals surface area contributed by atoms with Crippen LogP contribution < -0.4 is 5.32 Å². The highest BCUT2D eigenvalue weighted by Crippen LogP contribution is 2.26. The quantitative estimate of drug-likeness (QED) is 0.553. The second kappa shape index (κ2) is 6.90. The zero-order chi connectivity index (χ0) is 18.1. The molecule has 0 spiro atoms. The Morgan fingerprint density at radius 2 is 2.08 bits per heavy atom. The van der Waals surface area contributed by atoms with Crippen molar-refractivity contribution in [2.24, 2.45) is 0 Å². The van der Waals surface area contributed by atoms with E-state index in [1.165, 1.54) is 11.3 Å². The number of rotatable bonds is 4. The van der Waals surface area contributed by atoms with Crippen molar-refractivity contribution in [2.45, 2.75) is 13.5 Å². The Morgan fingerprint density at radius 3 is 2.88 bits per heavy atom. The molecule has 130 valence electrons. The van der Waals surface area contributed by atoms with Crippen molar-refractivity contribution in [3.8, 4) is 11.5 Å². The van der Waals surface area contributed by atoms with Crippen LogP contribution in [0.4, 0.5) is 5.69 Å². The molecule has 26 heavy (non-hydrogen) atoms. The fourth-order valence-electron chi connectivity index (χ4n) is 2.83. The highest BCUT2D eigenvalue weighted by molar-refractivity contribution is 7.07. The predicted molar refractivity (Wildman–Crippen MR) is 106 cm³/mol. The van der Waals surface area contributed by atoms with Gasteiger partial charge in [-0.3, -0.25) is 4.79 Å². The number of nitrogens with zero attached hydrogens (tertiary/aromatic N) is 3. The van der Waals surface area contributed by atoms with Gasteiger partial charge in [-0.2, -0.15) is 0 Å². The summed E-state index contributed by atoms with van der Waals surface area (Å²) in [4.78, 5) is 21.7. The third kappa shape index (κ3) is 3.09. The SMILES string of the molecule is Cc1c(Cl)cccc1NC(=O)Cn1c(-c2cscn2)nc2ccccc21. The molecule has 2 heterocycles. The third-order valence-electron chi connectivity index (χ3n) is 4.16. The van der Waals surface area contributed by atoms with Crippen molar-refractivity contribution in [3.63, 3.8) is 0 Å². The molecule has 4 rings (SSSR count). The van der Waals surface area contributed by atoms with Crippen LogP contribution in [0.2, 0.25) is 5.02 Å². The largest absolute Gasteiger partial charge is 0.324 e. The average Bonchev–Trinajstić information content (AvgIpc) is 3.27. The Labute approximate surface area is 159 Å². The number of benzene rings is 2. The number of hydrogen-bond donors (Lipinski definition) is 1. The van der Waals surface area contributed by atoms with Gasteiger partial charge in [-0.05, 0) is 36.8 Å². The van der Waals surface area contributed by atoms with Gasteiger partial charge in [-0.15, -0.1) is 11.3 Å². The zero-order valence-electron chi connectivity index (χ0n) is 13.9. The lowest BCUT2D eigenvalue weighted by Gasteiger charge is -2.11. The molecule has 0 atom stereocenters. The van der Waals surface area contributed by atoms with E-state index in [1.54, 1.807) is 11.6 Å². The Morgan fingerprint density at radius 1 is 1.23 bits per heavy atom. The second-order valence-electron chi connectivity index (χ2n) is 5.84. The number of imidazole rings is 1. The van der Waals surface area contributed by atoms with Gasteiger partial charge in [0.25, 0.3) is 0 Å². The highest BCUT2D eigenvalue weighted by atomic mass is 35.5. The molecule has 0 aliphatic carbocycles. The predicted octanol–water partition coefficient (Wildman–Crippen LogP) is 4.76. The number of carbonyl (C=O) groups is 1. The number of fused-ring (bicyclic) bond motifs is 1. The number of amides is 1. The first kappa shape index (κ1) is 16.8. The van der Waals surface area contributed by atoms with Crippen LogP contribution in [0.15, 0.2) is 53.4 Å². The normalized spacial score (nSPS) is 11.0. The van der Waals surface area contributed by atoms with Gasteiger partial charge in [0.15, 0.2) is 5.82 Å². The first-order valence-corrected chi connectivity index (χ1v) is 9.34. The smallest absolute Gasteiger partial charge is 0.244 e. The minimum Gasteiger partial charge on any atom is -0.324 e. The summed E-state index contributed by atoms with van der Waals surface area (Å²) in [6, 6.07) is 13.2. The third-order valence-corrected chi connectivity index (χ3v) is 5.16. The van der Waals surface area contributed by atoms with E-state index in [9.17, 15) is 4.79 Å². The maximum atomic E-state index is 12.7. The van der Waals surface area contributed by atoms with Crippen LogP contribution in [0, 0.1) is 6.92 Å². The Balaban J connectivity index is 1.69. The highest BCUT2D eigenvalue weighted by Gasteiger charge is 2.17. The van der Waals surface area contributed by atoms with Crippen LogP contribution in [-0.4, -0.2) is 20.4 Å². The summed E-state index contributed by atoms with van der Waals surface area (Å²) < 4.78 is 1.89. The van der Waals surface area contributed by atoms with E-state index in [-0.39, 0.29) is 12.5 Å². The molecule has 0 fully saturated rings. The van der Waals surface area contributed by atoms with Gasteiger partial charge in [0, 0.05) is 16.1 Å². The fourth-order valence-corrected chi connectivity index (χ4v) is 3.54. The number of carbonyl (C=O) groups excluding carboxylic acids is 1. The van der Waals surface area contributed by atoms with Gasteiger partial charge in [0.2, 0.25) is 5.91 Å². The van der Waals surface area contributed by atoms with Crippen molar-refractivity contribution in [1.29, 1.82) is 0 Å². The molecular weight excluding hydrogens is 368 g/mol. The van der Waals surface area contributed by atoms with Gasteiger partial charge in [-0.1, -0.05) is 29.8 Å². The number of nitrogens with one attached hydrogen (secondary N) is 1. The molecule has 1 N–H and O–H groups in total. The summed E-state index contributed by atoms with van der Waals surface area (Å²) in [5.41, 5.74) is 5.81. The lowest BCUT2D eigenvalue weighted by atomic mass is 10.2. The maximum Gasteiger partial charge on any atom is 0.244 e. The molecule has 7 heteroatoms. The zero-order valence-corrected chi connectivity index (χ0v) is 15.5. The van der Waals surface area contributed by atoms with Gasteiger partial charge < -0.3 is 9.88 Å². The first-order valence-electron chi connectivity index (χ1n) is 8.02. The van der Waals surface area contributed by atoms with E-state index in [0.29, 0.717) is 16.5 Å². The number of hydrogen-bond acceptors (Lipinski definition) is 4. The number of anilines is 1. The van der Waals surface area contributed by atoms with Crippen molar-refractivity contribution < 1.29 is 4.79 Å². The number of aromatic nitrogens is 3. The Kier molecular flexibility index (Phi) is 4.44. The standard InChI is InChI=1S/C19H15ClN4OS/c1-12-13(20)5-4-7-14(12)22-18(25)9-24-17-8-3-2-6-15(17)23-19(24)16-10-26-11-21-16/h2-8,10-11H,9H2,1H3,(H,22,25). The first-order chi connectivity index (χ1) is 12.6. The molecule has 0 unspecified atom stereocenters. The lowest BCUT2D eigenvalue weighted by molar-refractivity contribution is -0.116. The van der Waals surface area contributed by atoms with E-state index in [1.807, 2.05) is 53.3 Å². The Hall–Kier alpha value is -2.70. The van der Waals surface area contributed by atoms with E-state index in [2.05, 4.69) is 15.3 Å². The van der Waals surface area contributed by atoms with Crippen molar-refractivity contribution in [3.05, 3.63) is 63.9 Å². The van der Waals surface area contributed by atoms with Gasteiger partial charge >= 0.3 is 0 Å². The summed E-state index contributed by atoms with van der Waals surface area (Å²) in [6.45, 7) is 2.02. The number of thiazole rings is 1. The molecule has 2 aromatic heterocycles. The average molecular weight is 383 g/mol. The van der Waals surface area contributed by atoms with E-state index in [0.717, 1.165) is 22.3 Å². The van der Waals surface area contributed by atoms with Gasteiger partial charge in [-0.25, -0.2) is 9.97 Å². The summed E-state index contributed by atoms with van der Waals surface area (Å²) in [7, 11) is 0. The molecule has 0 aliphatic rings. The monoisotopic (exact) mass is 382 g/mol. The van der Waals surface area contributed by atoms with Crippen LogP contribution in [0.25, 0.3) is 22.6 Å². The molecule has 0 radical (unpaired) electrons. The Bertz CT molecular complexity index is 1090. The topological polar surface area (TPSA) is 59.8 Å². The minimum atomic E-state index is -0.144. The summed E-state index contributed by atoms with van der Waals surface area (Å²) in [5.74, 6) is 0.542. The van der Waals surface area contributed by atoms with Crippen LogP contribution in [0.3, 0.4) is 0 Å². The van der Waals surface area contributed by atoms with Crippen molar-refractivity contribution in [2.75, 3.05) is 5.32 Å². The number of para-hydroxylation sites is 2. The van der Waals surface area contributed by atoms with Crippen molar-refractivity contribution >= 4 is 45.6 Å². The second-order valence-corrected chi connectivity index (χ2v) is 6.97. The summed E-state index contributed by atoms with van der Waals surface area (Å²) in [5, 5.41) is 5.49. The van der Waals surface area contributed by atoms with Crippen molar-refractivity contribution in [1.82, 2.24) is 14.5 Å². The fraction of sp³-hybridized carbons (Fsp3) is 0.105. The summed E-state index contributed by atoms with van der Waals surface area (Å²) >= 11 is 7.64. The van der Waals surface area contributed by atoms with Crippen LogP contribution >= 0.6 is 22.9 Å². The maximum absolute atomic E-state index is 12.7. The minimum absolute atomic E-state index is 0.138. The van der Waals surface area contributed by atoms with E-state index >= 15 is 0 Å². The van der Waals surface area contributed by atoms with Gasteiger partial charge in [0.05, 0.1) is 16.5 Å². The molecule has 0 aliphatic heterocycles. The lowest BCUT2D eigenvalue weighted by Crippen LogP contribution is -2.20. The molecule has 0 bridgehead atoms. The number of halogens is 1. The van der Waals surface area contributed by atoms with E-state index in [4.69, 9.17) is 11.6 Å². The molecule has 0 saturated carbocycles. The van der Waals surface area contributed by atoms with Crippen LogP contribution in [0.1, 0.15) is 5.56 Å². The molecular formula is C19H15ClN4OS.